The normalized spacial score (nSPS) is 19.1. The van der Waals surface area contributed by atoms with Crippen LogP contribution in [0.5, 0.6) is 0 Å². The van der Waals surface area contributed by atoms with Crippen LogP contribution in [0.4, 0.5) is 4.39 Å². The zero-order valence-electron chi connectivity index (χ0n) is 11.1. The zero-order chi connectivity index (χ0) is 13.2. The van der Waals surface area contributed by atoms with Gasteiger partial charge in [0.15, 0.2) is 0 Å². The van der Waals surface area contributed by atoms with Gasteiger partial charge < -0.3 is 0 Å². The van der Waals surface area contributed by atoms with Crippen molar-refractivity contribution in [3.63, 3.8) is 0 Å². The molecular weight excluding hydrogens is 229 g/mol. The number of likely N-dealkylation sites (tertiary alicyclic amines) is 1. The molecule has 1 heterocycles. The van der Waals surface area contributed by atoms with Crippen LogP contribution in [0.15, 0.2) is 24.3 Å². The van der Waals surface area contributed by atoms with Gasteiger partial charge in [-0.3, -0.25) is 16.2 Å². The minimum absolute atomic E-state index is 0.0775. The van der Waals surface area contributed by atoms with E-state index in [1.165, 1.54) is 18.9 Å². The lowest BCUT2D eigenvalue weighted by Crippen LogP contribution is -2.53. The summed E-state index contributed by atoms with van der Waals surface area (Å²) in [6, 6.07) is 6.59. The molecule has 1 unspecified atom stereocenters. The standard InChI is InChI=1S/C14H22FN3/c1-14(2,18-8-3-4-9-18)13(17-16)11-6-5-7-12(15)10-11/h5-7,10,13,17H,3-4,8-9,16H2,1-2H3. The lowest BCUT2D eigenvalue weighted by molar-refractivity contribution is 0.107. The van der Waals surface area contributed by atoms with Crippen molar-refractivity contribution in [1.29, 1.82) is 0 Å². The number of benzene rings is 1. The van der Waals surface area contributed by atoms with Crippen LogP contribution >= 0.6 is 0 Å². The summed E-state index contributed by atoms with van der Waals surface area (Å²) < 4.78 is 13.3. The topological polar surface area (TPSA) is 41.3 Å². The fourth-order valence-corrected chi connectivity index (χ4v) is 2.87. The van der Waals surface area contributed by atoms with Crippen molar-refractivity contribution in [1.82, 2.24) is 10.3 Å². The molecule has 1 aliphatic rings. The minimum Gasteiger partial charge on any atom is -0.296 e. The fraction of sp³-hybridized carbons (Fsp3) is 0.571. The highest BCUT2D eigenvalue weighted by atomic mass is 19.1. The van der Waals surface area contributed by atoms with E-state index in [1.807, 2.05) is 6.07 Å². The lowest BCUT2D eigenvalue weighted by atomic mass is 9.87. The number of halogens is 1. The Morgan fingerprint density at radius 1 is 1.33 bits per heavy atom. The van der Waals surface area contributed by atoms with Gasteiger partial charge in [0.05, 0.1) is 6.04 Å². The molecule has 3 nitrogen and oxygen atoms in total. The molecule has 0 spiro atoms. The van der Waals surface area contributed by atoms with Gasteiger partial charge in [-0.25, -0.2) is 4.39 Å². The second kappa shape index (κ2) is 5.34. The smallest absolute Gasteiger partial charge is 0.123 e. The predicted molar refractivity (Wildman–Crippen MR) is 71.4 cm³/mol. The van der Waals surface area contributed by atoms with E-state index in [0.29, 0.717) is 0 Å². The number of nitrogens with one attached hydrogen (secondary N) is 1. The molecule has 0 bridgehead atoms. The Hall–Kier alpha value is -0.970. The quantitative estimate of drug-likeness (QED) is 0.637. The van der Waals surface area contributed by atoms with Crippen molar-refractivity contribution in [3.05, 3.63) is 35.6 Å². The molecule has 1 saturated heterocycles. The van der Waals surface area contributed by atoms with Gasteiger partial charge in [-0.2, -0.15) is 0 Å². The monoisotopic (exact) mass is 251 g/mol. The van der Waals surface area contributed by atoms with Gasteiger partial charge in [-0.05, 0) is 57.5 Å². The van der Waals surface area contributed by atoms with E-state index in [4.69, 9.17) is 5.84 Å². The molecule has 1 aromatic carbocycles. The second-order valence-electron chi connectivity index (χ2n) is 5.50. The number of hydrogen-bond donors (Lipinski definition) is 2. The van der Waals surface area contributed by atoms with E-state index in [1.54, 1.807) is 12.1 Å². The van der Waals surface area contributed by atoms with Crippen LogP contribution in [0.1, 0.15) is 38.3 Å². The fourth-order valence-electron chi connectivity index (χ4n) is 2.87. The second-order valence-corrected chi connectivity index (χ2v) is 5.50. The molecule has 0 aliphatic carbocycles. The van der Waals surface area contributed by atoms with E-state index in [-0.39, 0.29) is 17.4 Å². The Bertz CT molecular complexity index is 400. The zero-order valence-corrected chi connectivity index (χ0v) is 11.1. The van der Waals surface area contributed by atoms with E-state index in [0.717, 1.165) is 18.7 Å². The van der Waals surface area contributed by atoms with Crippen molar-refractivity contribution in [2.75, 3.05) is 13.1 Å². The Morgan fingerprint density at radius 3 is 2.56 bits per heavy atom. The predicted octanol–water partition coefficient (Wildman–Crippen LogP) is 2.20. The molecule has 4 heteroatoms. The highest BCUT2D eigenvalue weighted by molar-refractivity contribution is 5.23. The number of hydrogen-bond acceptors (Lipinski definition) is 3. The molecule has 2 rings (SSSR count). The SMILES string of the molecule is CC(C)(C(NN)c1cccc(F)c1)N1CCCC1. The van der Waals surface area contributed by atoms with Crippen molar-refractivity contribution in [3.8, 4) is 0 Å². The molecule has 0 aromatic heterocycles. The van der Waals surface area contributed by atoms with Crippen molar-refractivity contribution >= 4 is 0 Å². The summed E-state index contributed by atoms with van der Waals surface area (Å²) in [5.74, 6) is 5.49. The van der Waals surface area contributed by atoms with Gasteiger partial charge >= 0.3 is 0 Å². The first-order valence-electron chi connectivity index (χ1n) is 6.52. The molecule has 0 saturated carbocycles. The average Bonchev–Trinajstić information content (AvgIpc) is 2.83. The summed E-state index contributed by atoms with van der Waals surface area (Å²) >= 11 is 0. The van der Waals surface area contributed by atoms with Crippen LogP contribution in [0.3, 0.4) is 0 Å². The largest absolute Gasteiger partial charge is 0.296 e. The van der Waals surface area contributed by atoms with Crippen LogP contribution in [0.2, 0.25) is 0 Å². The van der Waals surface area contributed by atoms with E-state index >= 15 is 0 Å². The van der Waals surface area contributed by atoms with Gasteiger partial charge in [0.2, 0.25) is 0 Å². The van der Waals surface area contributed by atoms with Gasteiger partial charge in [0.25, 0.3) is 0 Å². The van der Waals surface area contributed by atoms with Crippen LogP contribution in [0.25, 0.3) is 0 Å². The molecule has 1 aromatic rings. The Morgan fingerprint density at radius 2 is 2.00 bits per heavy atom. The number of nitrogens with zero attached hydrogens (tertiary/aromatic N) is 1. The van der Waals surface area contributed by atoms with Crippen LogP contribution < -0.4 is 11.3 Å². The Labute approximate surface area is 108 Å². The molecule has 18 heavy (non-hydrogen) atoms. The first-order valence-corrected chi connectivity index (χ1v) is 6.52. The summed E-state index contributed by atoms with van der Waals surface area (Å²) in [5.41, 5.74) is 3.63. The van der Waals surface area contributed by atoms with Gasteiger partial charge in [0, 0.05) is 5.54 Å². The van der Waals surface area contributed by atoms with Crippen molar-refractivity contribution < 1.29 is 4.39 Å². The summed E-state index contributed by atoms with van der Waals surface area (Å²) in [6.07, 6.45) is 2.45. The molecule has 1 atom stereocenters. The third-order valence-corrected chi connectivity index (χ3v) is 3.98. The maximum absolute atomic E-state index is 13.3. The number of nitrogens with two attached hydrogens (primary N) is 1. The molecule has 1 fully saturated rings. The maximum Gasteiger partial charge on any atom is 0.123 e. The third-order valence-electron chi connectivity index (χ3n) is 3.98. The van der Waals surface area contributed by atoms with E-state index in [9.17, 15) is 4.39 Å². The molecule has 0 amide bonds. The summed E-state index contributed by atoms with van der Waals surface area (Å²) in [6.45, 7) is 6.49. The number of hydrazine groups is 1. The first kappa shape index (κ1) is 13.5. The molecule has 3 N–H and O–H groups in total. The maximum atomic E-state index is 13.3. The highest BCUT2D eigenvalue weighted by Gasteiger charge is 2.37. The minimum atomic E-state index is -0.218. The molecule has 1 aliphatic heterocycles. The Kier molecular flexibility index (Phi) is 4.00. The molecular formula is C14H22FN3. The van der Waals surface area contributed by atoms with E-state index in [2.05, 4.69) is 24.2 Å². The summed E-state index contributed by atoms with van der Waals surface area (Å²) in [7, 11) is 0. The van der Waals surface area contributed by atoms with Gasteiger partial charge in [0.1, 0.15) is 5.82 Å². The van der Waals surface area contributed by atoms with Crippen LogP contribution in [-0.4, -0.2) is 23.5 Å². The summed E-state index contributed by atoms with van der Waals surface area (Å²) in [4.78, 5) is 2.42. The first-order chi connectivity index (χ1) is 8.55. The van der Waals surface area contributed by atoms with Gasteiger partial charge in [-0.15, -0.1) is 0 Å². The van der Waals surface area contributed by atoms with Gasteiger partial charge in [-0.1, -0.05) is 12.1 Å². The average molecular weight is 251 g/mol. The van der Waals surface area contributed by atoms with Crippen LogP contribution in [-0.2, 0) is 0 Å². The highest BCUT2D eigenvalue weighted by Crippen LogP contribution is 2.33. The molecule has 0 radical (unpaired) electrons. The van der Waals surface area contributed by atoms with Crippen LogP contribution in [0, 0.1) is 5.82 Å². The number of rotatable bonds is 4. The lowest BCUT2D eigenvalue weighted by Gasteiger charge is -2.42. The van der Waals surface area contributed by atoms with Crippen molar-refractivity contribution in [2.24, 2.45) is 5.84 Å². The third kappa shape index (κ3) is 2.55. The van der Waals surface area contributed by atoms with Crippen molar-refractivity contribution in [2.45, 2.75) is 38.3 Å². The summed E-state index contributed by atoms with van der Waals surface area (Å²) in [5, 5.41) is 0. The Balaban J connectivity index is 2.26. The van der Waals surface area contributed by atoms with E-state index < -0.39 is 0 Å². The molecule has 100 valence electrons.